The topological polar surface area (TPSA) is 24.4 Å². The van der Waals surface area contributed by atoms with Crippen molar-refractivity contribution in [2.45, 2.75) is 18.7 Å². The summed E-state index contributed by atoms with van der Waals surface area (Å²) in [5.41, 5.74) is 0. The maximum absolute atomic E-state index is 4.40. The number of halogens is 1. The third kappa shape index (κ3) is 2.74. The minimum Gasteiger partial charge on any atom is -0.360 e. The van der Waals surface area contributed by atoms with Crippen LogP contribution in [0, 0.1) is 0 Å². The molecule has 2 heterocycles. The Morgan fingerprint density at radius 3 is 3.07 bits per heavy atom. The standard InChI is InChI=1S/C9H11BrN2S2/c1-6-4-11-9(13-6)12-5-7-2-3-8(10)14-7/h2-3,6H,4-5H2,1H3,(H,11,12). The Morgan fingerprint density at radius 2 is 2.50 bits per heavy atom. The van der Waals surface area contributed by atoms with E-state index < -0.39 is 0 Å². The number of nitrogens with one attached hydrogen (secondary N) is 1. The summed E-state index contributed by atoms with van der Waals surface area (Å²) in [6, 6.07) is 4.21. The average molecular weight is 291 g/mol. The maximum atomic E-state index is 4.40. The first kappa shape index (κ1) is 10.5. The Morgan fingerprint density at radius 1 is 1.64 bits per heavy atom. The van der Waals surface area contributed by atoms with Gasteiger partial charge in [0, 0.05) is 10.1 Å². The fourth-order valence-corrected chi connectivity index (χ4v) is 3.44. The summed E-state index contributed by atoms with van der Waals surface area (Å²) in [4.78, 5) is 5.73. The number of aliphatic imine (C=N–C) groups is 1. The van der Waals surface area contributed by atoms with Gasteiger partial charge in [-0.15, -0.1) is 11.3 Å². The minimum absolute atomic E-state index is 0.632. The molecule has 0 spiro atoms. The molecule has 1 aliphatic heterocycles. The molecule has 1 N–H and O–H groups in total. The first-order valence-electron chi connectivity index (χ1n) is 4.43. The molecule has 2 nitrogen and oxygen atoms in total. The van der Waals surface area contributed by atoms with Gasteiger partial charge in [-0.3, -0.25) is 4.99 Å². The fraction of sp³-hybridized carbons (Fsp3) is 0.444. The Labute approximate surface area is 100 Å². The van der Waals surface area contributed by atoms with Crippen molar-refractivity contribution in [2.75, 3.05) is 6.54 Å². The average Bonchev–Trinajstić information content (AvgIpc) is 2.72. The van der Waals surface area contributed by atoms with Crippen molar-refractivity contribution >= 4 is 44.2 Å². The number of nitrogens with zero attached hydrogens (tertiary/aromatic N) is 1. The van der Waals surface area contributed by atoms with Crippen LogP contribution in [-0.2, 0) is 6.54 Å². The lowest BCUT2D eigenvalue weighted by Crippen LogP contribution is -2.17. The Balaban J connectivity index is 1.83. The number of hydrogen-bond donors (Lipinski definition) is 1. The predicted octanol–water partition coefficient (Wildman–Crippen LogP) is 3.09. The lowest BCUT2D eigenvalue weighted by atomic mass is 10.5. The normalized spacial score (nSPS) is 21.0. The summed E-state index contributed by atoms with van der Waals surface area (Å²) in [5.74, 6) is 0. The molecule has 0 saturated carbocycles. The van der Waals surface area contributed by atoms with Crippen LogP contribution in [-0.4, -0.2) is 17.0 Å². The van der Waals surface area contributed by atoms with Crippen molar-refractivity contribution < 1.29 is 0 Å². The second-order valence-corrected chi connectivity index (χ2v) is 7.11. The van der Waals surface area contributed by atoms with Gasteiger partial charge in [-0.2, -0.15) is 0 Å². The van der Waals surface area contributed by atoms with Crippen LogP contribution < -0.4 is 5.32 Å². The summed E-state index contributed by atoms with van der Waals surface area (Å²) in [6.45, 7) is 4.03. The van der Waals surface area contributed by atoms with Crippen LogP contribution in [0.25, 0.3) is 0 Å². The highest BCUT2D eigenvalue weighted by Gasteiger charge is 2.14. The minimum atomic E-state index is 0.632. The Hall–Kier alpha value is -0.000000000000000111. The van der Waals surface area contributed by atoms with Crippen LogP contribution in [0.4, 0.5) is 0 Å². The SMILES string of the molecule is CC1CN=C(NCc2ccc(Br)s2)S1. The van der Waals surface area contributed by atoms with Gasteiger partial charge < -0.3 is 5.32 Å². The van der Waals surface area contributed by atoms with Crippen LogP contribution in [0.15, 0.2) is 20.9 Å². The van der Waals surface area contributed by atoms with E-state index in [1.165, 1.54) is 8.66 Å². The fourth-order valence-electron chi connectivity index (χ4n) is 1.18. The van der Waals surface area contributed by atoms with E-state index in [9.17, 15) is 0 Å². The van der Waals surface area contributed by atoms with Crippen LogP contribution in [0.2, 0.25) is 0 Å². The molecule has 1 aliphatic rings. The van der Waals surface area contributed by atoms with Crippen molar-refractivity contribution in [1.29, 1.82) is 0 Å². The lowest BCUT2D eigenvalue weighted by molar-refractivity contribution is 0.928. The molecule has 2 rings (SSSR count). The quantitative estimate of drug-likeness (QED) is 0.905. The molecule has 0 saturated heterocycles. The molecule has 76 valence electrons. The van der Waals surface area contributed by atoms with Crippen molar-refractivity contribution in [1.82, 2.24) is 5.32 Å². The van der Waals surface area contributed by atoms with E-state index in [0.29, 0.717) is 5.25 Å². The first-order chi connectivity index (χ1) is 6.74. The van der Waals surface area contributed by atoms with Gasteiger partial charge in [0.15, 0.2) is 5.17 Å². The summed E-state index contributed by atoms with van der Waals surface area (Å²) in [5, 5.41) is 5.06. The summed E-state index contributed by atoms with van der Waals surface area (Å²) in [6.07, 6.45) is 0. The van der Waals surface area contributed by atoms with E-state index in [4.69, 9.17) is 0 Å². The van der Waals surface area contributed by atoms with Gasteiger partial charge in [-0.05, 0) is 28.1 Å². The summed E-state index contributed by atoms with van der Waals surface area (Å²) < 4.78 is 1.18. The lowest BCUT2D eigenvalue weighted by Gasteiger charge is -2.03. The molecule has 0 aromatic carbocycles. The zero-order valence-corrected chi connectivity index (χ0v) is 11.0. The maximum Gasteiger partial charge on any atom is 0.157 e. The molecule has 1 atom stereocenters. The molecule has 0 fully saturated rings. The molecule has 1 unspecified atom stereocenters. The van der Waals surface area contributed by atoms with Gasteiger partial charge >= 0.3 is 0 Å². The monoisotopic (exact) mass is 290 g/mol. The van der Waals surface area contributed by atoms with E-state index in [0.717, 1.165) is 18.3 Å². The largest absolute Gasteiger partial charge is 0.360 e. The third-order valence-electron chi connectivity index (χ3n) is 1.85. The second kappa shape index (κ2) is 4.68. The van der Waals surface area contributed by atoms with Gasteiger partial charge in [-0.25, -0.2) is 0 Å². The third-order valence-corrected chi connectivity index (χ3v) is 4.52. The van der Waals surface area contributed by atoms with E-state index in [1.54, 1.807) is 11.3 Å². The molecular weight excluding hydrogens is 280 g/mol. The van der Waals surface area contributed by atoms with Gasteiger partial charge in [-0.1, -0.05) is 18.7 Å². The van der Waals surface area contributed by atoms with Gasteiger partial charge in [0.25, 0.3) is 0 Å². The zero-order valence-electron chi connectivity index (χ0n) is 7.79. The molecule has 5 heteroatoms. The van der Waals surface area contributed by atoms with Crippen LogP contribution >= 0.6 is 39.0 Å². The number of thioether (sulfide) groups is 1. The van der Waals surface area contributed by atoms with Crippen LogP contribution in [0.5, 0.6) is 0 Å². The van der Waals surface area contributed by atoms with Crippen LogP contribution in [0.1, 0.15) is 11.8 Å². The number of thiophene rings is 1. The van der Waals surface area contributed by atoms with Crippen molar-refractivity contribution in [3.63, 3.8) is 0 Å². The molecular formula is C9H11BrN2S2. The first-order valence-corrected chi connectivity index (χ1v) is 6.92. The number of amidine groups is 1. The van der Waals surface area contributed by atoms with E-state index in [2.05, 4.69) is 45.3 Å². The highest BCUT2D eigenvalue weighted by molar-refractivity contribution is 9.11. The van der Waals surface area contributed by atoms with Crippen molar-refractivity contribution in [3.05, 3.63) is 20.8 Å². The highest BCUT2D eigenvalue weighted by Crippen LogP contribution is 2.23. The van der Waals surface area contributed by atoms with E-state index >= 15 is 0 Å². The Kier molecular flexibility index (Phi) is 3.52. The zero-order chi connectivity index (χ0) is 9.97. The van der Waals surface area contributed by atoms with E-state index in [1.807, 2.05) is 11.8 Å². The van der Waals surface area contributed by atoms with Crippen molar-refractivity contribution in [2.24, 2.45) is 4.99 Å². The van der Waals surface area contributed by atoms with Gasteiger partial charge in [0.05, 0.1) is 16.9 Å². The highest BCUT2D eigenvalue weighted by atomic mass is 79.9. The number of hydrogen-bond acceptors (Lipinski definition) is 4. The van der Waals surface area contributed by atoms with Crippen LogP contribution in [0.3, 0.4) is 0 Å². The smallest absolute Gasteiger partial charge is 0.157 e. The van der Waals surface area contributed by atoms with Crippen molar-refractivity contribution in [3.8, 4) is 0 Å². The molecule has 1 aromatic heterocycles. The number of rotatable bonds is 2. The second-order valence-electron chi connectivity index (χ2n) is 3.13. The summed E-state index contributed by atoms with van der Waals surface area (Å²) >= 11 is 7.04. The Bertz CT molecular complexity index is 348. The van der Waals surface area contributed by atoms with Gasteiger partial charge in [0.1, 0.15) is 0 Å². The van der Waals surface area contributed by atoms with E-state index in [-0.39, 0.29) is 0 Å². The molecule has 0 aliphatic carbocycles. The predicted molar refractivity (Wildman–Crippen MR) is 68.2 cm³/mol. The molecule has 14 heavy (non-hydrogen) atoms. The summed E-state index contributed by atoms with van der Waals surface area (Å²) in [7, 11) is 0. The molecule has 0 radical (unpaired) electrons. The molecule has 0 bridgehead atoms. The molecule has 1 aromatic rings. The molecule has 0 amide bonds. The van der Waals surface area contributed by atoms with Gasteiger partial charge in [0.2, 0.25) is 0 Å².